The van der Waals surface area contributed by atoms with Crippen LogP contribution in [0.15, 0.2) is 0 Å². The molecule has 0 radical (unpaired) electrons. The highest BCUT2D eigenvalue weighted by molar-refractivity contribution is 5.58. The summed E-state index contributed by atoms with van der Waals surface area (Å²) in [4.78, 5) is 10.00. The van der Waals surface area contributed by atoms with Crippen molar-refractivity contribution in [2.45, 2.75) is 31.3 Å². The molecule has 0 aromatic carbocycles. The van der Waals surface area contributed by atoms with Gasteiger partial charge in [0.1, 0.15) is 18.5 Å². The van der Waals surface area contributed by atoms with Crippen molar-refractivity contribution in [3.63, 3.8) is 0 Å². The zero-order chi connectivity index (χ0) is 9.02. The van der Waals surface area contributed by atoms with Crippen molar-refractivity contribution < 1.29 is 20.1 Å². The first kappa shape index (κ1) is 10.5. The van der Waals surface area contributed by atoms with Gasteiger partial charge in [-0.25, -0.2) is 0 Å². The molecule has 0 bridgehead atoms. The van der Waals surface area contributed by atoms with E-state index in [9.17, 15) is 4.79 Å². The predicted octanol–water partition coefficient (Wildman–Crippen LogP) is -2.38. The summed E-state index contributed by atoms with van der Waals surface area (Å²) >= 11 is 0. The standard InChI is InChI=1S/C6H13NO4/c1-3(9)5(10)6(11)4(7)2-8/h2-6,9-11H,7H2,1H3/t3-,4+,5+,6+/m0/s1. The van der Waals surface area contributed by atoms with Crippen molar-refractivity contribution in [2.75, 3.05) is 0 Å². The monoisotopic (exact) mass is 163 g/mol. The van der Waals surface area contributed by atoms with Crippen LogP contribution < -0.4 is 5.73 Å². The molecule has 0 unspecified atom stereocenters. The molecule has 0 saturated heterocycles. The summed E-state index contributed by atoms with van der Waals surface area (Å²) in [5.41, 5.74) is 5.07. The van der Waals surface area contributed by atoms with Crippen LogP contribution in [0.5, 0.6) is 0 Å². The maximum Gasteiger partial charge on any atom is 0.139 e. The van der Waals surface area contributed by atoms with Crippen molar-refractivity contribution in [3.8, 4) is 0 Å². The Morgan fingerprint density at radius 3 is 2.00 bits per heavy atom. The molecule has 0 amide bonds. The normalized spacial score (nSPS) is 21.9. The number of hydrogen-bond donors (Lipinski definition) is 4. The molecular weight excluding hydrogens is 150 g/mol. The summed E-state index contributed by atoms with van der Waals surface area (Å²) in [6.45, 7) is 1.30. The van der Waals surface area contributed by atoms with Gasteiger partial charge < -0.3 is 25.8 Å². The Bertz CT molecular complexity index is 128. The first-order valence-electron chi connectivity index (χ1n) is 3.25. The molecule has 5 N–H and O–H groups in total. The van der Waals surface area contributed by atoms with Crippen LogP contribution in [-0.2, 0) is 4.79 Å². The van der Waals surface area contributed by atoms with Crippen molar-refractivity contribution in [3.05, 3.63) is 0 Å². The molecule has 0 fully saturated rings. The number of carbonyl (C=O) groups excluding carboxylic acids is 1. The third-order valence-electron chi connectivity index (χ3n) is 1.40. The smallest absolute Gasteiger partial charge is 0.139 e. The summed E-state index contributed by atoms with van der Waals surface area (Å²) in [6, 6.07) is -1.15. The van der Waals surface area contributed by atoms with Gasteiger partial charge in [0.15, 0.2) is 0 Å². The van der Waals surface area contributed by atoms with Gasteiger partial charge in [0, 0.05) is 0 Å². The van der Waals surface area contributed by atoms with Crippen LogP contribution in [-0.4, -0.2) is 46.0 Å². The fourth-order valence-corrected chi connectivity index (χ4v) is 0.594. The molecule has 0 rings (SSSR count). The molecule has 0 aromatic rings. The van der Waals surface area contributed by atoms with Gasteiger partial charge in [-0.3, -0.25) is 0 Å². The summed E-state index contributed by atoms with van der Waals surface area (Å²) in [7, 11) is 0. The topological polar surface area (TPSA) is 104 Å². The highest BCUT2D eigenvalue weighted by Crippen LogP contribution is 2.01. The minimum Gasteiger partial charge on any atom is -0.391 e. The molecule has 0 aliphatic rings. The van der Waals surface area contributed by atoms with Gasteiger partial charge in [-0.15, -0.1) is 0 Å². The van der Waals surface area contributed by atoms with Crippen molar-refractivity contribution in [2.24, 2.45) is 5.73 Å². The first-order chi connectivity index (χ1) is 5.00. The van der Waals surface area contributed by atoms with Crippen molar-refractivity contribution in [1.82, 2.24) is 0 Å². The van der Waals surface area contributed by atoms with Crippen LogP contribution in [0.25, 0.3) is 0 Å². The van der Waals surface area contributed by atoms with Crippen LogP contribution in [0.4, 0.5) is 0 Å². The number of aliphatic hydroxyl groups is 3. The Kier molecular flexibility index (Phi) is 4.20. The maximum atomic E-state index is 10.00. The molecule has 5 heteroatoms. The van der Waals surface area contributed by atoms with E-state index in [1.54, 1.807) is 0 Å². The molecule has 0 heterocycles. The molecule has 0 aliphatic carbocycles. The van der Waals surface area contributed by atoms with Gasteiger partial charge in [-0.1, -0.05) is 0 Å². The second kappa shape index (κ2) is 4.40. The van der Waals surface area contributed by atoms with E-state index >= 15 is 0 Å². The first-order valence-corrected chi connectivity index (χ1v) is 3.25. The Hall–Kier alpha value is -0.490. The molecule has 4 atom stereocenters. The average Bonchev–Trinajstić information content (AvgIpc) is 2.00. The Labute approximate surface area is 64.4 Å². The zero-order valence-electron chi connectivity index (χ0n) is 6.21. The van der Waals surface area contributed by atoms with E-state index in [1.807, 2.05) is 0 Å². The second-order valence-electron chi connectivity index (χ2n) is 2.44. The number of nitrogens with two attached hydrogens (primary N) is 1. The van der Waals surface area contributed by atoms with E-state index in [0.29, 0.717) is 6.29 Å². The van der Waals surface area contributed by atoms with E-state index in [0.717, 1.165) is 0 Å². The molecular formula is C6H13NO4. The van der Waals surface area contributed by atoms with Crippen LogP contribution in [0, 0.1) is 0 Å². The summed E-state index contributed by atoms with van der Waals surface area (Å²) < 4.78 is 0. The average molecular weight is 163 g/mol. The molecule has 5 nitrogen and oxygen atoms in total. The molecule has 11 heavy (non-hydrogen) atoms. The summed E-state index contributed by atoms with van der Waals surface area (Å²) in [5, 5.41) is 26.7. The van der Waals surface area contributed by atoms with Crippen LogP contribution in [0.1, 0.15) is 6.92 Å². The van der Waals surface area contributed by atoms with E-state index in [-0.39, 0.29) is 0 Å². The number of rotatable bonds is 4. The number of aldehydes is 1. The lowest BCUT2D eigenvalue weighted by Gasteiger charge is -2.21. The fraction of sp³-hybridized carbons (Fsp3) is 0.833. The number of carbonyl (C=O) groups is 1. The lowest BCUT2D eigenvalue weighted by Crippen LogP contribution is -2.48. The highest BCUT2D eigenvalue weighted by atomic mass is 16.4. The van der Waals surface area contributed by atoms with E-state index in [4.69, 9.17) is 21.1 Å². The minimum absolute atomic E-state index is 0.316. The van der Waals surface area contributed by atoms with Crippen molar-refractivity contribution in [1.29, 1.82) is 0 Å². The Morgan fingerprint density at radius 1 is 1.27 bits per heavy atom. The van der Waals surface area contributed by atoms with E-state index in [1.165, 1.54) is 6.92 Å². The van der Waals surface area contributed by atoms with Gasteiger partial charge in [0.05, 0.1) is 12.1 Å². The number of aliphatic hydroxyl groups excluding tert-OH is 3. The molecule has 0 saturated carbocycles. The molecule has 0 spiro atoms. The zero-order valence-corrected chi connectivity index (χ0v) is 6.21. The van der Waals surface area contributed by atoms with E-state index < -0.39 is 24.4 Å². The summed E-state index contributed by atoms with van der Waals surface area (Å²) in [5.74, 6) is 0. The molecule has 66 valence electrons. The van der Waals surface area contributed by atoms with Crippen molar-refractivity contribution >= 4 is 6.29 Å². The largest absolute Gasteiger partial charge is 0.391 e. The van der Waals surface area contributed by atoms with Gasteiger partial charge in [0.25, 0.3) is 0 Å². The Balaban J connectivity index is 4.00. The van der Waals surface area contributed by atoms with Crippen LogP contribution in [0.2, 0.25) is 0 Å². The van der Waals surface area contributed by atoms with Gasteiger partial charge in [-0.05, 0) is 6.92 Å². The lowest BCUT2D eigenvalue weighted by molar-refractivity contribution is -0.115. The third kappa shape index (κ3) is 2.94. The lowest BCUT2D eigenvalue weighted by atomic mass is 10.0. The SMILES string of the molecule is C[C@H](O)[C@@H](O)[C@H](O)[C@H](N)C=O. The van der Waals surface area contributed by atoms with Crippen LogP contribution >= 0.6 is 0 Å². The maximum absolute atomic E-state index is 10.00. The minimum atomic E-state index is -1.41. The third-order valence-corrected chi connectivity index (χ3v) is 1.40. The second-order valence-corrected chi connectivity index (χ2v) is 2.44. The highest BCUT2D eigenvalue weighted by Gasteiger charge is 2.26. The van der Waals surface area contributed by atoms with Gasteiger partial charge in [-0.2, -0.15) is 0 Å². The fourth-order valence-electron chi connectivity index (χ4n) is 0.594. The van der Waals surface area contributed by atoms with Gasteiger partial charge >= 0.3 is 0 Å². The predicted molar refractivity (Wildman–Crippen MR) is 37.7 cm³/mol. The van der Waals surface area contributed by atoms with Gasteiger partial charge in [0.2, 0.25) is 0 Å². The van der Waals surface area contributed by atoms with Crippen LogP contribution in [0.3, 0.4) is 0 Å². The number of hydrogen-bond acceptors (Lipinski definition) is 5. The van der Waals surface area contributed by atoms with E-state index in [2.05, 4.69) is 0 Å². The Morgan fingerprint density at radius 2 is 1.73 bits per heavy atom. The molecule has 0 aromatic heterocycles. The quantitative estimate of drug-likeness (QED) is 0.346. The molecule has 0 aliphatic heterocycles. The summed E-state index contributed by atoms with van der Waals surface area (Å²) in [6.07, 6.45) is -3.57.